The van der Waals surface area contributed by atoms with E-state index in [1.807, 2.05) is 29.7 Å². The maximum absolute atomic E-state index is 14.0. The lowest BCUT2D eigenvalue weighted by Crippen LogP contribution is -2.37. The highest BCUT2D eigenvalue weighted by atomic mass is 32.2. The lowest BCUT2D eigenvalue weighted by Gasteiger charge is -2.28. The van der Waals surface area contributed by atoms with Gasteiger partial charge in [0, 0.05) is 31.0 Å². The summed E-state index contributed by atoms with van der Waals surface area (Å²) in [6, 6.07) is 10.1. The zero-order valence-corrected chi connectivity index (χ0v) is 18.1. The van der Waals surface area contributed by atoms with Gasteiger partial charge in [-0.15, -0.1) is 10.2 Å². The van der Waals surface area contributed by atoms with Crippen LogP contribution in [0.3, 0.4) is 0 Å². The molecule has 1 saturated heterocycles. The first-order chi connectivity index (χ1) is 15.7. The molecule has 1 atom stereocenters. The van der Waals surface area contributed by atoms with E-state index < -0.39 is 0 Å². The van der Waals surface area contributed by atoms with Gasteiger partial charge in [-0.05, 0) is 37.3 Å². The van der Waals surface area contributed by atoms with Gasteiger partial charge in [0.25, 0.3) is 0 Å². The van der Waals surface area contributed by atoms with E-state index in [2.05, 4.69) is 30.2 Å². The molecule has 0 unspecified atom stereocenters. The number of aromatic nitrogens is 6. The molecule has 11 heteroatoms. The van der Waals surface area contributed by atoms with Gasteiger partial charge in [0.1, 0.15) is 5.82 Å². The van der Waals surface area contributed by atoms with Crippen molar-refractivity contribution < 1.29 is 13.7 Å². The normalized spacial score (nSPS) is 15.1. The minimum atomic E-state index is -0.328. The highest BCUT2D eigenvalue weighted by Gasteiger charge is 2.25. The van der Waals surface area contributed by atoms with E-state index in [-0.39, 0.29) is 11.1 Å². The summed E-state index contributed by atoms with van der Waals surface area (Å²) in [5.41, 5.74) is 1.42. The van der Waals surface area contributed by atoms with E-state index in [4.69, 9.17) is 9.26 Å². The molecule has 1 aliphatic heterocycles. The van der Waals surface area contributed by atoms with Crippen molar-refractivity contribution in [1.29, 1.82) is 0 Å². The lowest BCUT2D eigenvalue weighted by atomic mass is 10.3. The number of anilines is 1. The van der Waals surface area contributed by atoms with Gasteiger partial charge in [0.05, 0.1) is 24.2 Å². The standard InChI is InChI=1S/C21H20FN7O2S/c1-14(19-24-18(27-31-19)15-4-3-7-23-13-15)32-21-26-25-20(28-8-10-30-11-9-28)29(21)17-6-2-5-16(22)12-17/h2-7,12-14H,8-11H2,1H3/t14-/m0/s1. The summed E-state index contributed by atoms with van der Waals surface area (Å²) >= 11 is 1.41. The number of halogens is 1. The van der Waals surface area contributed by atoms with Gasteiger partial charge in [0.15, 0.2) is 5.16 Å². The number of benzene rings is 1. The first-order valence-corrected chi connectivity index (χ1v) is 11.0. The summed E-state index contributed by atoms with van der Waals surface area (Å²) in [4.78, 5) is 10.7. The molecular weight excluding hydrogens is 433 g/mol. The van der Waals surface area contributed by atoms with Gasteiger partial charge in [-0.3, -0.25) is 9.55 Å². The second-order valence-corrected chi connectivity index (χ2v) is 8.46. The van der Waals surface area contributed by atoms with Gasteiger partial charge in [0.2, 0.25) is 17.7 Å². The maximum Gasteiger partial charge on any atom is 0.240 e. The van der Waals surface area contributed by atoms with E-state index in [1.54, 1.807) is 18.5 Å². The molecule has 164 valence electrons. The monoisotopic (exact) mass is 453 g/mol. The fourth-order valence-electron chi connectivity index (χ4n) is 3.37. The molecule has 4 heterocycles. The van der Waals surface area contributed by atoms with Crippen LogP contribution >= 0.6 is 11.8 Å². The smallest absolute Gasteiger partial charge is 0.240 e. The molecule has 0 radical (unpaired) electrons. The second kappa shape index (κ2) is 9.05. The van der Waals surface area contributed by atoms with Crippen LogP contribution in [0.4, 0.5) is 10.3 Å². The number of thioether (sulfide) groups is 1. The van der Waals surface area contributed by atoms with Crippen LogP contribution in [0.5, 0.6) is 0 Å². The van der Waals surface area contributed by atoms with E-state index in [0.717, 1.165) is 5.56 Å². The number of nitrogens with zero attached hydrogens (tertiary/aromatic N) is 7. The Bertz CT molecular complexity index is 1190. The van der Waals surface area contributed by atoms with Crippen molar-refractivity contribution in [1.82, 2.24) is 29.9 Å². The molecule has 0 aliphatic carbocycles. The predicted molar refractivity (Wildman–Crippen MR) is 116 cm³/mol. The van der Waals surface area contributed by atoms with E-state index >= 15 is 0 Å². The lowest BCUT2D eigenvalue weighted by molar-refractivity contribution is 0.122. The fourth-order valence-corrected chi connectivity index (χ4v) is 4.26. The summed E-state index contributed by atoms with van der Waals surface area (Å²) in [6.45, 7) is 4.53. The molecule has 1 aliphatic rings. The predicted octanol–water partition coefficient (Wildman–Crippen LogP) is 3.54. The van der Waals surface area contributed by atoms with E-state index in [0.29, 0.717) is 54.8 Å². The summed E-state index contributed by atoms with van der Waals surface area (Å²) < 4.78 is 26.8. The molecule has 0 saturated carbocycles. The fraction of sp³-hybridized carbons (Fsp3) is 0.286. The first kappa shape index (κ1) is 20.6. The minimum Gasteiger partial charge on any atom is -0.378 e. The molecular formula is C21H20FN7O2S. The van der Waals surface area contributed by atoms with Crippen molar-refractivity contribution in [2.24, 2.45) is 0 Å². The van der Waals surface area contributed by atoms with Gasteiger partial charge in [-0.25, -0.2) is 4.39 Å². The van der Waals surface area contributed by atoms with Crippen molar-refractivity contribution in [2.45, 2.75) is 17.3 Å². The zero-order chi connectivity index (χ0) is 21.9. The highest BCUT2D eigenvalue weighted by molar-refractivity contribution is 7.99. The van der Waals surface area contributed by atoms with Gasteiger partial charge >= 0.3 is 0 Å². The van der Waals surface area contributed by atoms with Crippen LogP contribution in [-0.2, 0) is 4.74 Å². The number of pyridine rings is 1. The summed E-state index contributed by atoms with van der Waals surface area (Å²) in [5, 5.41) is 13.3. The second-order valence-electron chi connectivity index (χ2n) is 7.16. The number of hydrogen-bond donors (Lipinski definition) is 0. The van der Waals surface area contributed by atoms with E-state index in [1.165, 1.54) is 23.9 Å². The van der Waals surface area contributed by atoms with Crippen molar-refractivity contribution >= 4 is 17.7 Å². The largest absolute Gasteiger partial charge is 0.378 e. The van der Waals surface area contributed by atoms with E-state index in [9.17, 15) is 4.39 Å². The summed E-state index contributed by atoms with van der Waals surface area (Å²) in [6.07, 6.45) is 3.37. The number of ether oxygens (including phenoxy) is 1. The summed E-state index contributed by atoms with van der Waals surface area (Å²) in [7, 11) is 0. The Morgan fingerprint density at radius 3 is 2.78 bits per heavy atom. The van der Waals surface area contributed by atoms with Gasteiger partial charge in [-0.2, -0.15) is 4.98 Å². The Kier molecular flexibility index (Phi) is 5.82. The maximum atomic E-state index is 14.0. The molecule has 0 spiro atoms. The van der Waals surface area contributed by atoms with Gasteiger partial charge in [-0.1, -0.05) is 23.0 Å². The van der Waals surface area contributed by atoms with Crippen LogP contribution < -0.4 is 4.90 Å². The van der Waals surface area contributed by atoms with Crippen molar-refractivity contribution in [3.63, 3.8) is 0 Å². The Morgan fingerprint density at radius 1 is 1.12 bits per heavy atom. The van der Waals surface area contributed by atoms with Crippen LogP contribution in [0.15, 0.2) is 58.5 Å². The third kappa shape index (κ3) is 4.21. The van der Waals surface area contributed by atoms with Crippen molar-refractivity contribution in [3.05, 3.63) is 60.5 Å². The van der Waals surface area contributed by atoms with Crippen LogP contribution in [-0.4, -0.2) is 56.2 Å². The number of morpholine rings is 1. The SMILES string of the molecule is C[C@H](Sc1nnc(N2CCOCC2)n1-c1cccc(F)c1)c1nc(-c2cccnc2)no1. The molecule has 0 bridgehead atoms. The minimum absolute atomic E-state index is 0.207. The first-order valence-electron chi connectivity index (χ1n) is 10.1. The van der Waals surface area contributed by atoms with Crippen molar-refractivity contribution in [3.8, 4) is 17.1 Å². The average molecular weight is 454 g/mol. The topological polar surface area (TPSA) is 95.0 Å². The molecule has 4 aromatic rings. The van der Waals surface area contributed by atoms with Crippen LogP contribution in [0.1, 0.15) is 18.1 Å². The molecule has 0 N–H and O–H groups in total. The average Bonchev–Trinajstić information content (AvgIpc) is 3.48. The highest BCUT2D eigenvalue weighted by Crippen LogP contribution is 2.36. The molecule has 9 nitrogen and oxygen atoms in total. The van der Waals surface area contributed by atoms with Crippen LogP contribution in [0, 0.1) is 5.82 Å². The van der Waals surface area contributed by atoms with Crippen LogP contribution in [0.25, 0.3) is 17.1 Å². The summed E-state index contributed by atoms with van der Waals surface area (Å²) in [5.74, 6) is 1.25. The molecule has 5 rings (SSSR count). The Hall–Kier alpha value is -3.31. The quantitative estimate of drug-likeness (QED) is 0.406. The Balaban J connectivity index is 1.45. The Labute approximate surface area is 187 Å². The third-order valence-corrected chi connectivity index (χ3v) is 6.00. The zero-order valence-electron chi connectivity index (χ0n) is 17.3. The van der Waals surface area contributed by atoms with Gasteiger partial charge < -0.3 is 14.2 Å². The molecule has 0 amide bonds. The molecule has 1 fully saturated rings. The molecule has 1 aromatic carbocycles. The Morgan fingerprint density at radius 2 is 2.00 bits per heavy atom. The third-order valence-electron chi connectivity index (χ3n) is 4.97. The van der Waals surface area contributed by atoms with Crippen LogP contribution in [0.2, 0.25) is 0 Å². The molecule has 32 heavy (non-hydrogen) atoms. The number of rotatable bonds is 6. The number of hydrogen-bond acceptors (Lipinski definition) is 9. The van der Waals surface area contributed by atoms with Crippen molar-refractivity contribution in [2.75, 3.05) is 31.2 Å². The molecule has 3 aromatic heterocycles.